The Labute approximate surface area is 115 Å². The molecule has 1 aliphatic heterocycles. The Kier molecular flexibility index (Phi) is 3.31. The van der Waals surface area contributed by atoms with Gasteiger partial charge in [-0.3, -0.25) is 4.79 Å². The first-order chi connectivity index (χ1) is 9.76. The number of carbonyl (C=O) groups is 1. The molecule has 1 aromatic heterocycles. The second-order valence-electron chi connectivity index (χ2n) is 5.05. The largest absolute Gasteiger partial charge is 0.464 e. The van der Waals surface area contributed by atoms with Crippen LogP contribution in [-0.2, 0) is 11.3 Å². The fourth-order valence-electron chi connectivity index (χ4n) is 2.62. The number of amides is 1. The van der Waals surface area contributed by atoms with Crippen molar-refractivity contribution in [2.24, 2.45) is 11.0 Å². The number of azide groups is 1. The van der Waals surface area contributed by atoms with Crippen molar-refractivity contribution in [2.45, 2.75) is 13.0 Å². The van der Waals surface area contributed by atoms with Crippen molar-refractivity contribution in [3.8, 4) is 0 Å². The minimum Gasteiger partial charge on any atom is -0.464 e. The molecule has 0 saturated carbocycles. The summed E-state index contributed by atoms with van der Waals surface area (Å²) in [5, 5.41) is 4.59. The van der Waals surface area contributed by atoms with E-state index in [1.165, 1.54) is 0 Å². The molecule has 1 fully saturated rings. The minimum atomic E-state index is 0.121. The molecule has 1 aromatic carbocycles. The maximum Gasteiger partial charge on any atom is 0.223 e. The van der Waals surface area contributed by atoms with Crippen LogP contribution in [0.1, 0.15) is 12.0 Å². The van der Waals surface area contributed by atoms with Crippen LogP contribution in [-0.4, -0.2) is 23.9 Å². The second kappa shape index (κ2) is 5.27. The molecular formula is C14H14N4O2. The predicted octanol–water partition coefficient (Wildman–Crippen LogP) is 3.09. The standard InChI is InChI=1S/C14H14N4O2/c15-17-16-7-11-6-14(19)18(9-11)8-10-1-2-13-12(5-10)3-4-20-13/h1-5,11H,6-9H2. The number of hydrogen-bond donors (Lipinski definition) is 0. The Bertz CT molecular complexity index is 687. The summed E-state index contributed by atoms with van der Waals surface area (Å²) in [6.45, 7) is 1.63. The van der Waals surface area contributed by atoms with Gasteiger partial charge in [-0.25, -0.2) is 0 Å². The molecule has 0 spiro atoms. The predicted molar refractivity (Wildman–Crippen MR) is 73.8 cm³/mol. The van der Waals surface area contributed by atoms with Crippen LogP contribution < -0.4 is 0 Å². The van der Waals surface area contributed by atoms with Crippen molar-refractivity contribution in [1.82, 2.24) is 4.90 Å². The van der Waals surface area contributed by atoms with Crippen LogP contribution in [0, 0.1) is 5.92 Å². The summed E-state index contributed by atoms with van der Waals surface area (Å²) in [4.78, 5) is 16.5. The van der Waals surface area contributed by atoms with Crippen LogP contribution in [0.2, 0.25) is 0 Å². The van der Waals surface area contributed by atoms with Crippen LogP contribution in [0.4, 0.5) is 0 Å². The average Bonchev–Trinajstić information content (AvgIpc) is 3.03. The molecule has 1 amide bonds. The van der Waals surface area contributed by atoms with E-state index in [1.54, 1.807) is 6.26 Å². The van der Waals surface area contributed by atoms with Crippen molar-refractivity contribution in [1.29, 1.82) is 0 Å². The van der Waals surface area contributed by atoms with Gasteiger partial charge in [0.05, 0.1) is 6.26 Å². The number of nitrogens with zero attached hydrogens (tertiary/aromatic N) is 4. The van der Waals surface area contributed by atoms with Gasteiger partial charge in [0.15, 0.2) is 0 Å². The quantitative estimate of drug-likeness (QED) is 0.486. The van der Waals surface area contributed by atoms with Crippen LogP contribution in [0.5, 0.6) is 0 Å². The summed E-state index contributed by atoms with van der Waals surface area (Å²) in [6, 6.07) is 7.84. The summed E-state index contributed by atoms with van der Waals surface area (Å²) in [5.74, 6) is 0.256. The number of furan rings is 1. The highest BCUT2D eigenvalue weighted by atomic mass is 16.3. The monoisotopic (exact) mass is 270 g/mol. The molecule has 1 unspecified atom stereocenters. The van der Waals surface area contributed by atoms with Gasteiger partial charge in [0.25, 0.3) is 0 Å². The average molecular weight is 270 g/mol. The molecule has 6 nitrogen and oxygen atoms in total. The van der Waals surface area contributed by atoms with E-state index < -0.39 is 0 Å². The van der Waals surface area contributed by atoms with Crippen molar-refractivity contribution < 1.29 is 9.21 Å². The Morgan fingerprint density at radius 3 is 3.20 bits per heavy atom. The zero-order chi connectivity index (χ0) is 13.9. The van der Waals surface area contributed by atoms with Gasteiger partial charge in [-0.1, -0.05) is 11.2 Å². The van der Waals surface area contributed by atoms with E-state index in [9.17, 15) is 4.79 Å². The van der Waals surface area contributed by atoms with E-state index in [4.69, 9.17) is 9.95 Å². The molecule has 102 valence electrons. The molecule has 2 heterocycles. The third-order valence-electron chi connectivity index (χ3n) is 3.59. The third-order valence-corrected chi connectivity index (χ3v) is 3.59. The van der Waals surface area contributed by atoms with Gasteiger partial charge in [0.2, 0.25) is 5.91 Å². The number of rotatable bonds is 4. The molecule has 0 bridgehead atoms. The summed E-state index contributed by atoms with van der Waals surface area (Å²) < 4.78 is 5.30. The lowest BCUT2D eigenvalue weighted by Crippen LogP contribution is -2.24. The molecule has 0 radical (unpaired) electrons. The van der Waals surface area contributed by atoms with E-state index >= 15 is 0 Å². The van der Waals surface area contributed by atoms with Crippen LogP contribution >= 0.6 is 0 Å². The lowest BCUT2D eigenvalue weighted by atomic mass is 10.1. The first-order valence-corrected chi connectivity index (χ1v) is 6.51. The fourth-order valence-corrected chi connectivity index (χ4v) is 2.62. The summed E-state index contributed by atoms with van der Waals surface area (Å²) in [5.41, 5.74) is 10.3. The van der Waals surface area contributed by atoms with Crippen molar-refractivity contribution in [3.05, 3.63) is 46.5 Å². The van der Waals surface area contributed by atoms with Gasteiger partial charge < -0.3 is 9.32 Å². The second-order valence-corrected chi connectivity index (χ2v) is 5.05. The Hall–Kier alpha value is -2.46. The van der Waals surface area contributed by atoms with E-state index in [1.807, 2.05) is 29.2 Å². The number of benzene rings is 1. The maximum absolute atomic E-state index is 11.9. The highest BCUT2D eigenvalue weighted by molar-refractivity contribution is 5.80. The molecule has 0 aliphatic carbocycles. The van der Waals surface area contributed by atoms with Gasteiger partial charge in [0, 0.05) is 36.4 Å². The summed E-state index contributed by atoms with van der Waals surface area (Å²) in [7, 11) is 0. The highest BCUT2D eigenvalue weighted by Gasteiger charge is 2.28. The van der Waals surface area contributed by atoms with Crippen LogP contribution in [0.15, 0.2) is 40.1 Å². The van der Waals surface area contributed by atoms with Crippen molar-refractivity contribution in [3.63, 3.8) is 0 Å². The lowest BCUT2D eigenvalue weighted by Gasteiger charge is -2.16. The van der Waals surface area contributed by atoms with Crippen LogP contribution in [0.25, 0.3) is 21.4 Å². The van der Waals surface area contributed by atoms with Gasteiger partial charge in [-0.15, -0.1) is 0 Å². The van der Waals surface area contributed by atoms with E-state index in [-0.39, 0.29) is 11.8 Å². The van der Waals surface area contributed by atoms with Crippen molar-refractivity contribution in [2.75, 3.05) is 13.1 Å². The van der Waals surface area contributed by atoms with Gasteiger partial charge in [-0.05, 0) is 35.2 Å². The first-order valence-electron chi connectivity index (χ1n) is 6.51. The SMILES string of the molecule is [N-]=[N+]=NCC1CC(=O)N(Cc2ccc3occc3c2)C1. The smallest absolute Gasteiger partial charge is 0.223 e. The van der Waals surface area contributed by atoms with E-state index in [2.05, 4.69) is 10.0 Å². The number of hydrogen-bond acceptors (Lipinski definition) is 3. The van der Waals surface area contributed by atoms with Gasteiger partial charge >= 0.3 is 0 Å². The molecule has 3 rings (SSSR count). The molecule has 1 aliphatic rings. The third kappa shape index (κ3) is 2.46. The fraction of sp³-hybridized carbons (Fsp3) is 0.357. The molecular weight excluding hydrogens is 256 g/mol. The van der Waals surface area contributed by atoms with Gasteiger partial charge in [0.1, 0.15) is 5.58 Å². The molecule has 1 saturated heterocycles. The normalized spacial score (nSPS) is 18.5. The number of carbonyl (C=O) groups excluding carboxylic acids is 1. The number of fused-ring (bicyclic) bond motifs is 1. The topological polar surface area (TPSA) is 82.2 Å². The highest BCUT2D eigenvalue weighted by Crippen LogP contribution is 2.23. The molecule has 20 heavy (non-hydrogen) atoms. The first kappa shape index (κ1) is 12.6. The zero-order valence-electron chi connectivity index (χ0n) is 10.9. The molecule has 1 atom stereocenters. The number of likely N-dealkylation sites (tertiary alicyclic amines) is 1. The summed E-state index contributed by atoms with van der Waals surface area (Å²) in [6.07, 6.45) is 2.12. The Morgan fingerprint density at radius 1 is 1.45 bits per heavy atom. The molecule has 6 heteroatoms. The van der Waals surface area contributed by atoms with E-state index in [0.29, 0.717) is 26.1 Å². The van der Waals surface area contributed by atoms with E-state index in [0.717, 1.165) is 16.5 Å². The summed E-state index contributed by atoms with van der Waals surface area (Å²) >= 11 is 0. The molecule has 2 aromatic rings. The van der Waals surface area contributed by atoms with Crippen molar-refractivity contribution >= 4 is 16.9 Å². The zero-order valence-corrected chi connectivity index (χ0v) is 10.9. The Balaban J connectivity index is 1.70. The van der Waals surface area contributed by atoms with Crippen LogP contribution in [0.3, 0.4) is 0 Å². The Morgan fingerprint density at radius 2 is 2.35 bits per heavy atom. The maximum atomic E-state index is 11.9. The minimum absolute atomic E-state index is 0.121. The molecule has 0 N–H and O–H groups in total. The lowest BCUT2D eigenvalue weighted by molar-refractivity contribution is -0.128. The van der Waals surface area contributed by atoms with Gasteiger partial charge in [-0.2, -0.15) is 0 Å².